The summed E-state index contributed by atoms with van der Waals surface area (Å²) in [7, 11) is 0. The van der Waals surface area contributed by atoms with Gasteiger partial charge in [0.05, 0.1) is 0 Å². The Morgan fingerprint density at radius 3 is 2.52 bits per heavy atom. The zero-order chi connectivity index (χ0) is 17.4. The average Bonchev–Trinajstić information content (AvgIpc) is 2.98. The van der Waals surface area contributed by atoms with Crippen molar-refractivity contribution in [1.82, 2.24) is 14.9 Å². The maximum absolute atomic E-state index is 12.4. The quantitative estimate of drug-likeness (QED) is 0.815. The summed E-state index contributed by atoms with van der Waals surface area (Å²) < 4.78 is 2.10. The van der Waals surface area contributed by atoms with E-state index in [-0.39, 0.29) is 5.91 Å². The largest absolute Gasteiger partial charge is 0.354 e. The first-order valence-corrected chi connectivity index (χ1v) is 10.3. The highest BCUT2D eigenvalue weighted by molar-refractivity contribution is 5.76. The van der Waals surface area contributed by atoms with Gasteiger partial charge in [-0.3, -0.25) is 4.79 Å². The number of carbonyl (C=O) groups is 1. The minimum absolute atomic E-state index is 0.188. The van der Waals surface area contributed by atoms with Crippen LogP contribution >= 0.6 is 0 Å². The first kappa shape index (κ1) is 17.1. The van der Waals surface area contributed by atoms with Crippen LogP contribution in [0.1, 0.15) is 71.0 Å². The Morgan fingerprint density at radius 1 is 1.28 bits per heavy atom. The van der Waals surface area contributed by atoms with Crippen molar-refractivity contribution in [2.45, 2.75) is 84.2 Å². The normalized spacial score (nSPS) is 34.2. The zero-order valence-corrected chi connectivity index (χ0v) is 15.8. The SMILES string of the molecule is CCc1nccn1CCC(=O)NC(C)CC12CC3CC(CC(C3)C1)C2. The van der Waals surface area contributed by atoms with Crippen molar-refractivity contribution in [3.63, 3.8) is 0 Å². The molecule has 0 aliphatic heterocycles. The topological polar surface area (TPSA) is 46.9 Å². The third kappa shape index (κ3) is 3.63. The number of nitrogens with zero attached hydrogens (tertiary/aromatic N) is 2. The number of nitrogens with one attached hydrogen (secondary N) is 1. The van der Waals surface area contributed by atoms with Gasteiger partial charge in [-0.1, -0.05) is 6.92 Å². The molecule has 4 bridgehead atoms. The molecule has 1 amide bonds. The van der Waals surface area contributed by atoms with Crippen LogP contribution in [0.3, 0.4) is 0 Å². The summed E-state index contributed by atoms with van der Waals surface area (Å²) in [5, 5.41) is 3.28. The molecule has 25 heavy (non-hydrogen) atoms. The van der Waals surface area contributed by atoms with E-state index in [0.29, 0.717) is 17.9 Å². The van der Waals surface area contributed by atoms with Gasteiger partial charge >= 0.3 is 0 Å². The lowest BCUT2D eigenvalue weighted by atomic mass is 9.48. The van der Waals surface area contributed by atoms with Gasteiger partial charge in [0.1, 0.15) is 5.82 Å². The minimum atomic E-state index is 0.188. The van der Waals surface area contributed by atoms with E-state index < -0.39 is 0 Å². The van der Waals surface area contributed by atoms with E-state index in [1.807, 2.05) is 12.4 Å². The Morgan fingerprint density at radius 2 is 1.92 bits per heavy atom. The van der Waals surface area contributed by atoms with Crippen molar-refractivity contribution >= 4 is 5.91 Å². The van der Waals surface area contributed by atoms with Gasteiger partial charge < -0.3 is 9.88 Å². The van der Waals surface area contributed by atoms with Crippen LogP contribution < -0.4 is 5.32 Å². The van der Waals surface area contributed by atoms with Crippen LogP contribution in [0.15, 0.2) is 12.4 Å². The van der Waals surface area contributed by atoms with E-state index in [4.69, 9.17) is 0 Å². The summed E-state index contributed by atoms with van der Waals surface area (Å²) in [6, 6.07) is 0.303. The second-order valence-corrected chi connectivity index (χ2v) is 9.23. The second kappa shape index (κ2) is 6.77. The second-order valence-electron chi connectivity index (χ2n) is 9.23. The highest BCUT2D eigenvalue weighted by Crippen LogP contribution is 2.61. The molecule has 1 unspecified atom stereocenters. The van der Waals surface area contributed by atoms with Crippen molar-refractivity contribution in [2.75, 3.05) is 0 Å². The van der Waals surface area contributed by atoms with E-state index in [1.165, 1.54) is 44.9 Å². The number of aromatic nitrogens is 2. The van der Waals surface area contributed by atoms with Crippen LogP contribution in [0.25, 0.3) is 0 Å². The summed E-state index contributed by atoms with van der Waals surface area (Å²) in [4.78, 5) is 16.7. The summed E-state index contributed by atoms with van der Waals surface area (Å²) in [5.41, 5.74) is 0.543. The Bertz CT molecular complexity index is 585. The molecule has 4 saturated carbocycles. The van der Waals surface area contributed by atoms with Crippen LogP contribution in [-0.4, -0.2) is 21.5 Å². The Labute approximate surface area is 151 Å². The number of rotatable bonds is 7. The number of carbonyl (C=O) groups excluding carboxylic acids is 1. The molecule has 138 valence electrons. The van der Waals surface area contributed by atoms with E-state index in [9.17, 15) is 4.79 Å². The lowest BCUT2D eigenvalue weighted by Crippen LogP contribution is -2.49. The molecule has 5 rings (SSSR count). The summed E-state index contributed by atoms with van der Waals surface area (Å²) >= 11 is 0. The predicted octanol–water partition coefficient (Wildman–Crippen LogP) is 3.95. The molecular weight excluding hydrogens is 310 g/mol. The van der Waals surface area contributed by atoms with Gasteiger partial charge in [-0.25, -0.2) is 4.98 Å². The van der Waals surface area contributed by atoms with Gasteiger partial charge in [0.25, 0.3) is 0 Å². The van der Waals surface area contributed by atoms with Crippen LogP contribution in [0.4, 0.5) is 0 Å². The Kier molecular flexibility index (Phi) is 4.63. The fourth-order valence-corrected chi connectivity index (χ4v) is 6.67. The van der Waals surface area contributed by atoms with Crippen molar-refractivity contribution in [3.05, 3.63) is 18.2 Å². The molecule has 1 heterocycles. The number of imidazole rings is 1. The van der Waals surface area contributed by atoms with Crippen molar-refractivity contribution in [3.8, 4) is 0 Å². The first-order valence-electron chi connectivity index (χ1n) is 10.3. The molecule has 1 aromatic rings. The molecule has 0 aromatic carbocycles. The van der Waals surface area contributed by atoms with Gasteiger partial charge in [0, 0.05) is 37.8 Å². The van der Waals surface area contributed by atoms with Crippen LogP contribution in [-0.2, 0) is 17.8 Å². The minimum Gasteiger partial charge on any atom is -0.354 e. The monoisotopic (exact) mass is 343 g/mol. The Hall–Kier alpha value is -1.32. The molecule has 0 radical (unpaired) electrons. The maximum atomic E-state index is 12.4. The molecule has 4 nitrogen and oxygen atoms in total. The molecule has 0 saturated heterocycles. The maximum Gasteiger partial charge on any atom is 0.221 e. The molecule has 4 fully saturated rings. The number of amides is 1. The highest BCUT2D eigenvalue weighted by Gasteiger charge is 2.50. The van der Waals surface area contributed by atoms with E-state index >= 15 is 0 Å². The smallest absolute Gasteiger partial charge is 0.221 e. The van der Waals surface area contributed by atoms with Crippen LogP contribution in [0, 0.1) is 23.2 Å². The molecule has 1 N–H and O–H groups in total. The number of hydrogen-bond donors (Lipinski definition) is 1. The Balaban J connectivity index is 1.27. The number of hydrogen-bond acceptors (Lipinski definition) is 2. The summed E-state index contributed by atoms with van der Waals surface area (Å²) in [6.07, 6.45) is 15.2. The standard InChI is InChI=1S/C21H33N3O/c1-3-19-22-5-7-24(19)6-4-20(25)23-15(2)11-21-12-16-8-17(13-21)10-18(9-16)14-21/h5,7,15-18H,3-4,6,8-14H2,1-2H3,(H,23,25). The van der Waals surface area contributed by atoms with E-state index in [0.717, 1.165) is 36.5 Å². The van der Waals surface area contributed by atoms with Crippen LogP contribution in [0.5, 0.6) is 0 Å². The number of aryl methyl sites for hydroxylation is 2. The van der Waals surface area contributed by atoms with Gasteiger partial charge in [0.15, 0.2) is 0 Å². The van der Waals surface area contributed by atoms with Crippen molar-refractivity contribution < 1.29 is 4.79 Å². The fourth-order valence-electron chi connectivity index (χ4n) is 6.67. The lowest BCUT2D eigenvalue weighted by Gasteiger charge is -2.57. The predicted molar refractivity (Wildman–Crippen MR) is 99.0 cm³/mol. The highest BCUT2D eigenvalue weighted by atomic mass is 16.1. The van der Waals surface area contributed by atoms with Gasteiger partial charge in [0.2, 0.25) is 5.91 Å². The summed E-state index contributed by atoms with van der Waals surface area (Å²) in [6.45, 7) is 5.05. The van der Waals surface area contributed by atoms with Crippen molar-refractivity contribution in [2.24, 2.45) is 23.2 Å². The molecule has 1 atom stereocenters. The van der Waals surface area contributed by atoms with Gasteiger partial charge in [-0.2, -0.15) is 0 Å². The van der Waals surface area contributed by atoms with E-state index in [2.05, 4.69) is 28.7 Å². The average molecular weight is 344 g/mol. The molecule has 4 heteroatoms. The van der Waals surface area contributed by atoms with Crippen LogP contribution in [0.2, 0.25) is 0 Å². The molecule has 4 aliphatic rings. The first-order chi connectivity index (χ1) is 12.0. The molecule has 1 aromatic heterocycles. The third-order valence-corrected chi connectivity index (χ3v) is 7.01. The summed E-state index contributed by atoms with van der Waals surface area (Å²) in [5.74, 6) is 4.22. The third-order valence-electron chi connectivity index (χ3n) is 7.01. The lowest BCUT2D eigenvalue weighted by molar-refractivity contribution is -0.122. The molecular formula is C21H33N3O. The van der Waals surface area contributed by atoms with Gasteiger partial charge in [-0.15, -0.1) is 0 Å². The zero-order valence-electron chi connectivity index (χ0n) is 15.8. The van der Waals surface area contributed by atoms with E-state index in [1.54, 1.807) is 0 Å². The van der Waals surface area contributed by atoms with Gasteiger partial charge in [-0.05, 0) is 75.0 Å². The fraction of sp³-hybridized carbons (Fsp3) is 0.810. The molecule has 4 aliphatic carbocycles. The molecule has 0 spiro atoms. The van der Waals surface area contributed by atoms with Crippen molar-refractivity contribution in [1.29, 1.82) is 0 Å².